The van der Waals surface area contributed by atoms with Crippen molar-refractivity contribution in [2.45, 2.75) is 71.3 Å². The number of benzene rings is 3. The predicted octanol–water partition coefficient (Wildman–Crippen LogP) is 8.33. The van der Waals surface area contributed by atoms with Crippen LogP contribution in [0.1, 0.15) is 84.1 Å². The third-order valence-corrected chi connectivity index (χ3v) is 7.78. The van der Waals surface area contributed by atoms with Gasteiger partial charge >= 0.3 is 0 Å². The van der Waals surface area contributed by atoms with Crippen LogP contribution in [0.15, 0.2) is 75.9 Å². The maximum atomic E-state index is 13.5. The standard InChI is InChI=1S/C32H35NO2/c1-20-18-27(23(4)33-29-13-9-8-10-21(29)2)32-28(19-20)30(34)22(3)31(35-32)26-16-14-25(15-17-26)24-11-6-5-7-12-24/h5-13,18-19,23,25-26,33H,14-17H2,1-4H3. The van der Waals surface area contributed by atoms with Crippen LogP contribution in [-0.4, -0.2) is 0 Å². The third-order valence-electron chi connectivity index (χ3n) is 7.78. The van der Waals surface area contributed by atoms with Gasteiger partial charge in [-0.2, -0.15) is 0 Å². The molecule has 0 amide bonds. The van der Waals surface area contributed by atoms with E-state index in [1.165, 1.54) is 11.1 Å². The molecular formula is C32H35NO2. The molecule has 1 heterocycles. The van der Waals surface area contributed by atoms with Crippen molar-refractivity contribution in [3.8, 4) is 0 Å². The van der Waals surface area contributed by atoms with Gasteiger partial charge in [0, 0.05) is 22.7 Å². The van der Waals surface area contributed by atoms with Crippen molar-refractivity contribution in [3.63, 3.8) is 0 Å². The van der Waals surface area contributed by atoms with E-state index in [9.17, 15) is 4.79 Å². The van der Waals surface area contributed by atoms with Crippen molar-refractivity contribution < 1.29 is 4.42 Å². The molecule has 1 aromatic heterocycles. The summed E-state index contributed by atoms with van der Waals surface area (Å²) in [5.41, 5.74) is 7.47. The Hall–Kier alpha value is -3.33. The van der Waals surface area contributed by atoms with E-state index in [0.717, 1.165) is 59.4 Å². The van der Waals surface area contributed by atoms with Gasteiger partial charge < -0.3 is 9.73 Å². The Morgan fingerprint density at radius 1 is 0.857 bits per heavy atom. The highest BCUT2D eigenvalue weighted by atomic mass is 16.3. The molecule has 3 nitrogen and oxygen atoms in total. The molecule has 3 aromatic carbocycles. The fraction of sp³-hybridized carbons (Fsp3) is 0.344. The van der Waals surface area contributed by atoms with Gasteiger partial charge in [0.2, 0.25) is 0 Å². The van der Waals surface area contributed by atoms with Gasteiger partial charge in [0.1, 0.15) is 11.3 Å². The minimum absolute atomic E-state index is 0.00558. The van der Waals surface area contributed by atoms with Gasteiger partial charge in [-0.05, 0) is 88.1 Å². The second-order valence-electron chi connectivity index (χ2n) is 10.3. The second kappa shape index (κ2) is 9.73. The molecule has 1 aliphatic rings. The van der Waals surface area contributed by atoms with E-state index in [-0.39, 0.29) is 11.5 Å². The van der Waals surface area contributed by atoms with Crippen LogP contribution in [0, 0.1) is 20.8 Å². The van der Waals surface area contributed by atoms with E-state index in [1.54, 1.807) is 0 Å². The van der Waals surface area contributed by atoms with Crippen LogP contribution < -0.4 is 10.7 Å². The van der Waals surface area contributed by atoms with Crippen LogP contribution in [0.5, 0.6) is 0 Å². The lowest BCUT2D eigenvalue weighted by molar-refractivity contribution is 0.349. The van der Waals surface area contributed by atoms with Gasteiger partial charge in [-0.15, -0.1) is 0 Å². The molecule has 1 atom stereocenters. The summed E-state index contributed by atoms with van der Waals surface area (Å²) in [6, 6.07) is 23.3. The number of anilines is 1. The summed E-state index contributed by atoms with van der Waals surface area (Å²) in [7, 11) is 0. The SMILES string of the molecule is Cc1cc(C(C)Nc2ccccc2C)c2oc(C3CCC(c4ccccc4)CC3)c(C)c(=O)c2c1. The van der Waals surface area contributed by atoms with Crippen molar-refractivity contribution in [3.05, 3.63) is 111 Å². The van der Waals surface area contributed by atoms with E-state index in [2.05, 4.69) is 74.6 Å². The summed E-state index contributed by atoms with van der Waals surface area (Å²) in [6.45, 7) is 8.25. The normalized spacial score (nSPS) is 19.0. The van der Waals surface area contributed by atoms with Gasteiger partial charge in [-0.3, -0.25) is 4.79 Å². The molecule has 1 N–H and O–H groups in total. The molecule has 0 radical (unpaired) electrons. The Kier molecular flexibility index (Phi) is 6.51. The van der Waals surface area contributed by atoms with Crippen LogP contribution in [0.4, 0.5) is 5.69 Å². The zero-order valence-electron chi connectivity index (χ0n) is 21.2. The number of nitrogens with one attached hydrogen (secondary N) is 1. The largest absolute Gasteiger partial charge is 0.460 e. The van der Waals surface area contributed by atoms with Crippen LogP contribution >= 0.6 is 0 Å². The summed E-state index contributed by atoms with van der Waals surface area (Å²) in [6.07, 6.45) is 4.35. The molecule has 1 aliphatic carbocycles. The van der Waals surface area contributed by atoms with E-state index in [0.29, 0.717) is 17.2 Å². The van der Waals surface area contributed by atoms with Gasteiger partial charge in [-0.25, -0.2) is 0 Å². The van der Waals surface area contributed by atoms with Gasteiger partial charge in [-0.1, -0.05) is 54.6 Å². The fourth-order valence-electron chi connectivity index (χ4n) is 5.76. The predicted molar refractivity (Wildman–Crippen MR) is 146 cm³/mol. The number of hydrogen-bond donors (Lipinski definition) is 1. The first-order valence-corrected chi connectivity index (χ1v) is 12.9. The molecule has 4 aromatic rings. The van der Waals surface area contributed by atoms with E-state index in [1.807, 2.05) is 25.1 Å². The Morgan fingerprint density at radius 3 is 2.23 bits per heavy atom. The van der Waals surface area contributed by atoms with Gasteiger partial charge in [0.15, 0.2) is 5.43 Å². The maximum Gasteiger partial charge on any atom is 0.195 e. The third kappa shape index (κ3) is 4.65. The number of fused-ring (bicyclic) bond motifs is 1. The Labute approximate surface area is 208 Å². The minimum atomic E-state index is 0.00558. The first-order valence-electron chi connectivity index (χ1n) is 12.9. The van der Waals surface area contributed by atoms with Gasteiger partial charge in [0.25, 0.3) is 0 Å². The topological polar surface area (TPSA) is 42.2 Å². The molecule has 0 bridgehead atoms. The Bertz CT molecular complexity index is 1390. The molecule has 1 unspecified atom stereocenters. The molecule has 0 spiro atoms. The number of aryl methyl sites for hydroxylation is 2. The van der Waals surface area contributed by atoms with Crippen molar-refractivity contribution in [1.29, 1.82) is 0 Å². The zero-order chi connectivity index (χ0) is 24.5. The summed E-state index contributed by atoms with van der Waals surface area (Å²) in [5, 5.41) is 4.33. The summed E-state index contributed by atoms with van der Waals surface area (Å²) in [5.74, 6) is 1.78. The Morgan fingerprint density at radius 2 is 1.51 bits per heavy atom. The molecule has 180 valence electrons. The van der Waals surface area contributed by atoms with Crippen molar-refractivity contribution in [2.75, 3.05) is 5.32 Å². The molecule has 0 saturated heterocycles. The molecular weight excluding hydrogens is 430 g/mol. The first-order chi connectivity index (χ1) is 16.9. The van der Waals surface area contributed by atoms with Crippen LogP contribution in [0.3, 0.4) is 0 Å². The van der Waals surface area contributed by atoms with Crippen LogP contribution in [0.25, 0.3) is 11.0 Å². The molecule has 1 fully saturated rings. The number of para-hydroxylation sites is 1. The zero-order valence-corrected chi connectivity index (χ0v) is 21.2. The number of rotatable bonds is 5. The molecule has 1 saturated carbocycles. The maximum absolute atomic E-state index is 13.5. The van der Waals surface area contributed by atoms with E-state index >= 15 is 0 Å². The summed E-state index contributed by atoms with van der Waals surface area (Å²) < 4.78 is 6.69. The fourth-order valence-corrected chi connectivity index (χ4v) is 5.76. The molecule has 5 rings (SSSR count). The molecule has 3 heteroatoms. The lowest BCUT2D eigenvalue weighted by Crippen LogP contribution is -2.18. The monoisotopic (exact) mass is 465 g/mol. The van der Waals surface area contributed by atoms with E-state index < -0.39 is 0 Å². The number of hydrogen-bond acceptors (Lipinski definition) is 3. The minimum Gasteiger partial charge on any atom is -0.460 e. The van der Waals surface area contributed by atoms with E-state index in [4.69, 9.17) is 4.42 Å². The van der Waals surface area contributed by atoms with Gasteiger partial charge in [0.05, 0.1) is 11.4 Å². The molecule has 35 heavy (non-hydrogen) atoms. The van der Waals surface area contributed by atoms with Crippen LogP contribution in [0.2, 0.25) is 0 Å². The summed E-state index contributed by atoms with van der Waals surface area (Å²) >= 11 is 0. The lowest BCUT2D eigenvalue weighted by Gasteiger charge is -2.29. The summed E-state index contributed by atoms with van der Waals surface area (Å²) in [4.78, 5) is 13.5. The highest BCUT2D eigenvalue weighted by molar-refractivity contribution is 5.82. The van der Waals surface area contributed by atoms with Crippen molar-refractivity contribution in [2.24, 2.45) is 0 Å². The average molecular weight is 466 g/mol. The van der Waals surface area contributed by atoms with Crippen molar-refractivity contribution >= 4 is 16.7 Å². The quantitative estimate of drug-likeness (QED) is 0.322. The van der Waals surface area contributed by atoms with Crippen molar-refractivity contribution in [1.82, 2.24) is 0 Å². The molecule has 0 aliphatic heterocycles. The van der Waals surface area contributed by atoms with Crippen LogP contribution in [-0.2, 0) is 0 Å². The highest BCUT2D eigenvalue weighted by Gasteiger charge is 2.28. The second-order valence-corrected chi connectivity index (χ2v) is 10.3. The highest BCUT2D eigenvalue weighted by Crippen LogP contribution is 2.42. The first kappa shape index (κ1) is 23.4. The Balaban J connectivity index is 1.49. The average Bonchev–Trinajstić information content (AvgIpc) is 2.88. The smallest absolute Gasteiger partial charge is 0.195 e. The lowest BCUT2D eigenvalue weighted by atomic mass is 9.77.